The van der Waals surface area contributed by atoms with Gasteiger partial charge in [0.05, 0.1) is 38.3 Å². The summed E-state index contributed by atoms with van der Waals surface area (Å²) in [5.41, 5.74) is 1.93. The van der Waals surface area contributed by atoms with Crippen molar-refractivity contribution in [3.05, 3.63) is 38.3 Å². The van der Waals surface area contributed by atoms with Gasteiger partial charge in [0.2, 0.25) is 12.5 Å². The summed E-state index contributed by atoms with van der Waals surface area (Å²) in [6.45, 7) is 0.584. The summed E-state index contributed by atoms with van der Waals surface area (Å²) < 4.78 is 34.5. The third-order valence-electron chi connectivity index (χ3n) is 5.62. The normalized spacial score (nSPS) is 19.3. The van der Waals surface area contributed by atoms with Crippen molar-refractivity contribution in [2.45, 2.75) is 12.8 Å². The fourth-order valence-electron chi connectivity index (χ4n) is 4.01. The van der Waals surface area contributed by atoms with E-state index >= 15 is 0 Å². The van der Waals surface area contributed by atoms with Gasteiger partial charge in [-0.25, -0.2) is 0 Å². The van der Waals surface area contributed by atoms with Crippen LogP contribution in [0.2, 0.25) is 0 Å². The number of rotatable bonds is 7. The zero-order chi connectivity index (χ0) is 22.1. The Morgan fingerprint density at radius 3 is 2.29 bits per heavy atom. The average Bonchev–Trinajstić information content (AvgIpc) is 3.35. The summed E-state index contributed by atoms with van der Waals surface area (Å²) in [6.07, 6.45) is 1.14. The molecule has 2 aliphatic rings. The van der Waals surface area contributed by atoms with Gasteiger partial charge in [-0.1, -0.05) is 15.9 Å². The number of hydrogen-bond donors (Lipinski definition) is 0. The number of esters is 1. The highest BCUT2D eigenvalue weighted by Crippen LogP contribution is 2.46. The smallest absolute Gasteiger partial charge is 0.309 e. The van der Waals surface area contributed by atoms with E-state index in [0.29, 0.717) is 48.2 Å². The maximum absolute atomic E-state index is 12.6. The number of hydrogen-bond acceptors (Lipinski definition) is 7. The van der Waals surface area contributed by atoms with Crippen molar-refractivity contribution in [3.63, 3.8) is 0 Å². The van der Waals surface area contributed by atoms with Crippen LogP contribution in [0.15, 0.2) is 27.1 Å². The van der Waals surface area contributed by atoms with E-state index in [1.165, 1.54) is 0 Å². The van der Waals surface area contributed by atoms with E-state index in [1.807, 2.05) is 18.2 Å². The minimum Gasteiger partial charge on any atom is -0.493 e. The molecular weight excluding hydrogens is 536 g/mol. The largest absolute Gasteiger partial charge is 0.493 e. The Bertz CT molecular complexity index is 1010. The molecule has 0 bridgehead atoms. The van der Waals surface area contributed by atoms with Crippen molar-refractivity contribution in [2.24, 2.45) is 11.8 Å². The predicted octanol–water partition coefficient (Wildman–Crippen LogP) is 4.54. The fourth-order valence-corrected chi connectivity index (χ4v) is 5.11. The van der Waals surface area contributed by atoms with Crippen LogP contribution in [0, 0.1) is 11.8 Å². The van der Waals surface area contributed by atoms with Crippen LogP contribution in [-0.4, -0.2) is 40.7 Å². The number of carbonyl (C=O) groups excluding carboxylic acids is 1. The number of carbonyl (C=O) groups is 1. The first kappa shape index (κ1) is 22.1. The second-order valence-electron chi connectivity index (χ2n) is 7.32. The van der Waals surface area contributed by atoms with Gasteiger partial charge in [0, 0.05) is 10.4 Å². The topological polar surface area (TPSA) is 72.5 Å². The van der Waals surface area contributed by atoms with Crippen LogP contribution in [0.1, 0.15) is 11.1 Å². The molecule has 166 valence electrons. The van der Waals surface area contributed by atoms with Crippen molar-refractivity contribution >= 4 is 37.8 Å². The van der Waals surface area contributed by atoms with Crippen molar-refractivity contribution in [1.29, 1.82) is 0 Å². The van der Waals surface area contributed by atoms with Gasteiger partial charge in [0.1, 0.15) is 0 Å². The third-order valence-corrected chi connectivity index (χ3v) is 7.23. The lowest BCUT2D eigenvalue weighted by Gasteiger charge is -2.20. The Hall–Kier alpha value is -2.13. The molecule has 1 fully saturated rings. The van der Waals surface area contributed by atoms with Crippen LogP contribution in [0.3, 0.4) is 0 Å². The van der Waals surface area contributed by atoms with Gasteiger partial charge in [-0.2, -0.15) is 0 Å². The highest BCUT2D eigenvalue weighted by Gasteiger charge is 2.38. The second kappa shape index (κ2) is 9.16. The second-order valence-corrected chi connectivity index (χ2v) is 8.97. The summed E-state index contributed by atoms with van der Waals surface area (Å²) in [7, 11) is 4.69. The summed E-state index contributed by atoms with van der Waals surface area (Å²) in [5, 5.41) is 0. The Labute approximate surface area is 197 Å². The molecule has 0 spiro atoms. The molecule has 9 heteroatoms. The highest BCUT2D eigenvalue weighted by molar-refractivity contribution is 9.11. The molecule has 0 N–H and O–H groups in total. The molecule has 0 saturated carbocycles. The number of halogens is 2. The first-order chi connectivity index (χ1) is 15.0. The monoisotopic (exact) mass is 556 g/mol. The van der Waals surface area contributed by atoms with E-state index in [1.54, 1.807) is 21.3 Å². The highest BCUT2D eigenvalue weighted by atomic mass is 79.9. The van der Waals surface area contributed by atoms with Gasteiger partial charge < -0.3 is 28.4 Å². The van der Waals surface area contributed by atoms with E-state index in [4.69, 9.17) is 28.4 Å². The van der Waals surface area contributed by atoms with E-state index in [0.717, 1.165) is 20.1 Å². The number of fused-ring (bicyclic) bond motifs is 1. The number of cyclic esters (lactones) is 1. The zero-order valence-electron chi connectivity index (χ0n) is 17.3. The summed E-state index contributed by atoms with van der Waals surface area (Å²) in [5.74, 6) is 2.49. The van der Waals surface area contributed by atoms with Crippen molar-refractivity contribution < 1.29 is 33.2 Å². The van der Waals surface area contributed by atoms with Gasteiger partial charge in [0.25, 0.3) is 0 Å². The molecule has 2 aromatic carbocycles. The molecule has 0 aliphatic carbocycles. The van der Waals surface area contributed by atoms with Gasteiger partial charge in [-0.05, 0) is 58.1 Å². The predicted molar refractivity (Wildman–Crippen MR) is 119 cm³/mol. The molecule has 7 nitrogen and oxygen atoms in total. The third kappa shape index (κ3) is 4.17. The summed E-state index contributed by atoms with van der Waals surface area (Å²) in [6, 6.07) is 5.73. The standard InChI is InChI=1S/C22H22Br2O7/c1-26-18-7-12(19(24)21(28-3)20(18)27-2)5-14-13(9-29-22(14)25)4-11-6-16-17(8-15(11)23)31-10-30-16/h6-8,13-14H,4-5,9-10H2,1-3H3/t13-,14+/m0/s1. The number of ether oxygens (including phenoxy) is 6. The Kier molecular flexibility index (Phi) is 6.52. The molecule has 31 heavy (non-hydrogen) atoms. The van der Waals surface area contributed by atoms with Crippen LogP contribution in [0.4, 0.5) is 0 Å². The summed E-state index contributed by atoms with van der Waals surface area (Å²) >= 11 is 7.21. The van der Waals surface area contributed by atoms with Gasteiger partial charge >= 0.3 is 5.97 Å². The van der Waals surface area contributed by atoms with Gasteiger partial charge in [0.15, 0.2) is 23.0 Å². The molecule has 0 aromatic heterocycles. The zero-order valence-corrected chi connectivity index (χ0v) is 20.5. The molecule has 0 amide bonds. The fraction of sp³-hybridized carbons (Fsp3) is 0.409. The maximum Gasteiger partial charge on any atom is 0.309 e. The van der Waals surface area contributed by atoms with Crippen LogP contribution >= 0.6 is 31.9 Å². The summed E-state index contributed by atoms with van der Waals surface area (Å²) in [4.78, 5) is 12.6. The first-order valence-electron chi connectivity index (χ1n) is 9.68. The Morgan fingerprint density at radius 1 is 0.903 bits per heavy atom. The minimum absolute atomic E-state index is 0.00941. The van der Waals surface area contributed by atoms with Crippen LogP contribution in [0.25, 0.3) is 0 Å². The molecule has 4 rings (SSSR count). The van der Waals surface area contributed by atoms with Crippen molar-refractivity contribution in [3.8, 4) is 28.7 Å². The number of methoxy groups -OCH3 is 3. The lowest BCUT2D eigenvalue weighted by Crippen LogP contribution is -2.21. The molecule has 2 aliphatic heterocycles. The molecule has 1 saturated heterocycles. The SMILES string of the molecule is COc1cc(C[C@H]2C(=O)OC[C@@H]2Cc2cc3c(cc2Br)OCO3)c(Br)c(OC)c1OC. The van der Waals surface area contributed by atoms with Crippen LogP contribution in [0.5, 0.6) is 28.7 Å². The molecule has 2 aromatic rings. The molecule has 2 heterocycles. The quantitative estimate of drug-likeness (QED) is 0.463. The Morgan fingerprint density at radius 2 is 1.61 bits per heavy atom. The lowest BCUT2D eigenvalue weighted by molar-refractivity contribution is -0.141. The molecule has 0 radical (unpaired) electrons. The van der Waals surface area contributed by atoms with E-state index in [-0.39, 0.29) is 24.6 Å². The van der Waals surface area contributed by atoms with Crippen molar-refractivity contribution in [1.82, 2.24) is 0 Å². The Balaban J connectivity index is 1.61. The van der Waals surface area contributed by atoms with Gasteiger partial charge in [-0.15, -0.1) is 0 Å². The van der Waals surface area contributed by atoms with Crippen LogP contribution < -0.4 is 23.7 Å². The molecular formula is C22H22Br2O7. The van der Waals surface area contributed by atoms with Crippen LogP contribution in [-0.2, 0) is 22.4 Å². The first-order valence-corrected chi connectivity index (χ1v) is 11.3. The number of benzene rings is 2. The minimum atomic E-state index is -0.309. The van der Waals surface area contributed by atoms with E-state index in [2.05, 4.69) is 31.9 Å². The van der Waals surface area contributed by atoms with E-state index in [9.17, 15) is 4.79 Å². The van der Waals surface area contributed by atoms with Gasteiger partial charge in [-0.3, -0.25) is 4.79 Å². The lowest BCUT2D eigenvalue weighted by atomic mass is 9.85. The van der Waals surface area contributed by atoms with Crippen molar-refractivity contribution in [2.75, 3.05) is 34.7 Å². The average molecular weight is 558 g/mol. The maximum atomic E-state index is 12.6. The van der Waals surface area contributed by atoms with E-state index < -0.39 is 0 Å². The molecule has 2 atom stereocenters. The molecule has 0 unspecified atom stereocenters.